The lowest BCUT2D eigenvalue weighted by atomic mass is 10.2. The molecule has 1 aliphatic heterocycles. The molecule has 5 rings (SSSR count). The zero-order valence-corrected chi connectivity index (χ0v) is 23.9. The highest BCUT2D eigenvalue weighted by Gasteiger charge is 2.30. The first kappa shape index (κ1) is 29.1. The summed E-state index contributed by atoms with van der Waals surface area (Å²) in [6.07, 6.45) is 1.07. The molecule has 12 heteroatoms. The van der Waals surface area contributed by atoms with Gasteiger partial charge in [0.2, 0.25) is 0 Å². The molecule has 1 atom stereocenters. The van der Waals surface area contributed by atoms with Crippen LogP contribution >= 0.6 is 0 Å². The lowest BCUT2D eigenvalue weighted by molar-refractivity contribution is -0.131. The fourth-order valence-electron chi connectivity index (χ4n) is 5.04. The van der Waals surface area contributed by atoms with Gasteiger partial charge in [-0.1, -0.05) is 6.07 Å². The predicted molar refractivity (Wildman–Crippen MR) is 157 cm³/mol. The summed E-state index contributed by atoms with van der Waals surface area (Å²) in [6, 6.07) is 10.7. The molecular weight excluding hydrogens is 542 g/mol. The molecule has 3 amide bonds. The average Bonchev–Trinajstić information content (AvgIpc) is 3.80. The van der Waals surface area contributed by atoms with Gasteiger partial charge in [-0.3, -0.25) is 18.7 Å². The Balaban J connectivity index is 1.29. The number of urea groups is 1. The van der Waals surface area contributed by atoms with Crippen molar-refractivity contribution in [3.63, 3.8) is 0 Å². The molecule has 1 aromatic heterocycles. The summed E-state index contributed by atoms with van der Waals surface area (Å²) in [5, 5.41) is 5.91. The van der Waals surface area contributed by atoms with E-state index in [1.807, 2.05) is 13.8 Å². The van der Waals surface area contributed by atoms with Gasteiger partial charge in [0, 0.05) is 30.5 Å². The van der Waals surface area contributed by atoms with Crippen LogP contribution in [0.5, 0.6) is 0 Å². The van der Waals surface area contributed by atoms with E-state index >= 15 is 0 Å². The van der Waals surface area contributed by atoms with Gasteiger partial charge in [-0.2, -0.15) is 0 Å². The van der Waals surface area contributed by atoms with Gasteiger partial charge in [0.1, 0.15) is 0 Å². The summed E-state index contributed by atoms with van der Waals surface area (Å²) >= 11 is 0. The van der Waals surface area contributed by atoms with Gasteiger partial charge in [0.05, 0.1) is 36.2 Å². The van der Waals surface area contributed by atoms with Crippen LogP contribution in [0.25, 0.3) is 10.9 Å². The van der Waals surface area contributed by atoms with Crippen molar-refractivity contribution in [3.8, 4) is 0 Å². The van der Waals surface area contributed by atoms with Crippen molar-refractivity contribution in [1.29, 1.82) is 0 Å². The van der Waals surface area contributed by atoms with Gasteiger partial charge in [0.15, 0.2) is 6.10 Å². The third-order valence-electron chi connectivity index (χ3n) is 7.36. The van der Waals surface area contributed by atoms with Gasteiger partial charge in [-0.25, -0.2) is 14.4 Å². The molecule has 222 valence electrons. The topological polar surface area (TPSA) is 141 Å². The quantitative estimate of drug-likeness (QED) is 0.392. The molecule has 2 heterocycles. The van der Waals surface area contributed by atoms with Crippen LogP contribution in [0.1, 0.15) is 50.0 Å². The standard InChI is InChI=1S/C30H35N5O7/c1-4-41-28(38)20-6-5-7-21(14-20)31-26(36)25-17-33(12-13-42-25)29(39)32-22-10-11-24-23(15-22)27(37)34(16-19-8-9-19)30(40)35(24)18(2)3/h5-7,10-11,14-15,18-19,25H,4,8-9,12-13,16-17H2,1-3H3,(H,31,36)(H,32,39). The van der Waals surface area contributed by atoms with Crippen molar-refractivity contribution >= 4 is 40.2 Å². The lowest BCUT2D eigenvalue weighted by Crippen LogP contribution is -2.51. The van der Waals surface area contributed by atoms with Crippen LogP contribution in [0.15, 0.2) is 52.1 Å². The van der Waals surface area contributed by atoms with Crippen molar-refractivity contribution in [2.24, 2.45) is 5.92 Å². The first-order valence-electron chi connectivity index (χ1n) is 14.2. The lowest BCUT2D eigenvalue weighted by Gasteiger charge is -2.32. The van der Waals surface area contributed by atoms with Crippen LogP contribution < -0.4 is 21.9 Å². The molecule has 0 bridgehead atoms. The molecule has 2 N–H and O–H groups in total. The summed E-state index contributed by atoms with van der Waals surface area (Å²) in [7, 11) is 0. The normalized spacial score (nSPS) is 16.9. The van der Waals surface area contributed by atoms with Crippen LogP contribution in [-0.2, 0) is 20.8 Å². The minimum Gasteiger partial charge on any atom is -0.462 e. The number of ether oxygens (including phenoxy) is 2. The van der Waals surface area contributed by atoms with E-state index in [-0.39, 0.29) is 43.6 Å². The molecule has 1 saturated carbocycles. The second-order valence-electron chi connectivity index (χ2n) is 10.9. The monoisotopic (exact) mass is 577 g/mol. The maximum atomic E-state index is 13.3. The number of hydrogen-bond donors (Lipinski definition) is 2. The Labute approximate surface area is 242 Å². The fourth-order valence-corrected chi connectivity index (χ4v) is 5.04. The smallest absolute Gasteiger partial charge is 0.338 e. The SMILES string of the molecule is CCOC(=O)c1cccc(NC(=O)C2CN(C(=O)Nc3ccc4c(c3)c(=O)n(CC3CC3)c(=O)n4C(C)C)CCO2)c1. The number of fused-ring (bicyclic) bond motifs is 1. The first-order valence-corrected chi connectivity index (χ1v) is 14.2. The molecule has 1 unspecified atom stereocenters. The largest absolute Gasteiger partial charge is 0.462 e. The van der Waals surface area contributed by atoms with E-state index in [9.17, 15) is 24.0 Å². The third kappa shape index (κ3) is 6.23. The maximum absolute atomic E-state index is 13.3. The van der Waals surface area contributed by atoms with Crippen molar-refractivity contribution in [1.82, 2.24) is 14.0 Å². The van der Waals surface area contributed by atoms with E-state index in [1.54, 1.807) is 47.9 Å². The Morgan fingerprint density at radius 2 is 1.81 bits per heavy atom. The van der Waals surface area contributed by atoms with Gasteiger partial charge >= 0.3 is 17.7 Å². The van der Waals surface area contributed by atoms with Gasteiger partial charge in [-0.15, -0.1) is 0 Å². The molecule has 3 aromatic rings. The summed E-state index contributed by atoms with van der Waals surface area (Å²) in [5.74, 6) is -0.611. The Kier molecular flexibility index (Phi) is 8.44. The molecule has 42 heavy (non-hydrogen) atoms. The zero-order chi connectivity index (χ0) is 30.0. The Morgan fingerprint density at radius 1 is 1.05 bits per heavy atom. The van der Waals surface area contributed by atoms with E-state index in [0.29, 0.717) is 40.3 Å². The highest BCUT2D eigenvalue weighted by atomic mass is 16.5. The first-order chi connectivity index (χ1) is 20.2. The minimum absolute atomic E-state index is 0.00387. The van der Waals surface area contributed by atoms with Crippen molar-refractivity contribution in [2.75, 3.05) is 36.9 Å². The zero-order valence-electron chi connectivity index (χ0n) is 23.9. The van der Waals surface area contributed by atoms with Crippen LogP contribution in [0.3, 0.4) is 0 Å². The van der Waals surface area contributed by atoms with Crippen molar-refractivity contribution < 1.29 is 23.9 Å². The number of esters is 1. The number of carbonyl (C=O) groups is 3. The highest BCUT2D eigenvalue weighted by Crippen LogP contribution is 2.30. The molecule has 2 aliphatic rings. The molecule has 1 aliphatic carbocycles. The Morgan fingerprint density at radius 3 is 2.52 bits per heavy atom. The minimum atomic E-state index is -0.928. The van der Waals surface area contributed by atoms with Gasteiger partial charge in [-0.05, 0) is 75.9 Å². The number of nitrogens with zero attached hydrogens (tertiary/aromatic N) is 3. The third-order valence-corrected chi connectivity index (χ3v) is 7.36. The van der Waals surface area contributed by atoms with Crippen LogP contribution in [0.4, 0.5) is 16.2 Å². The van der Waals surface area contributed by atoms with Gasteiger partial charge < -0.3 is 25.0 Å². The highest BCUT2D eigenvalue weighted by molar-refractivity contribution is 5.98. The van der Waals surface area contributed by atoms with Gasteiger partial charge in [0.25, 0.3) is 11.5 Å². The van der Waals surface area contributed by atoms with E-state index in [1.165, 1.54) is 15.5 Å². The summed E-state index contributed by atoms with van der Waals surface area (Å²) in [5.41, 5.74) is 0.931. The number of morpholine rings is 1. The predicted octanol–water partition coefficient (Wildman–Crippen LogP) is 3.20. The maximum Gasteiger partial charge on any atom is 0.338 e. The van der Waals surface area contributed by atoms with E-state index in [4.69, 9.17) is 9.47 Å². The number of nitrogens with one attached hydrogen (secondary N) is 2. The molecule has 2 aromatic carbocycles. The van der Waals surface area contributed by atoms with E-state index in [2.05, 4.69) is 10.6 Å². The van der Waals surface area contributed by atoms with Crippen molar-refractivity contribution in [2.45, 2.75) is 52.3 Å². The number of carbonyl (C=O) groups excluding carboxylic acids is 3. The van der Waals surface area contributed by atoms with Crippen molar-refractivity contribution in [3.05, 3.63) is 68.9 Å². The Hall–Kier alpha value is -4.45. The summed E-state index contributed by atoms with van der Waals surface area (Å²) in [4.78, 5) is 66.1. The number of anilines is 2. The molecule has 0 radical (unpaired) electrons. The number of hydrogen-bond acceptors (Lipinski definition) is 7. The van der Waals surface area contributed by atoms with Crippen LogP contribution in [0, 0.1) is 5.92 Å². The second kappa shape index (κ2) is 12.2. The number of benzene rings is 2. The average molecular weight is 578 g/mol. The molecule has 1 saturated heterocycles. The number of aromatic nitrogens is 2. The molecule has 12 nitrogen and oxygen atoms in total. The summed E-state index contributed by atoms with van der Waals surface area (Å²) in [6.45, 7) is 6.55. The number of amides is 3. The summed E-state index contributed by atoms with van der Waals surface area (Å²) < 4.78 is 13.5. The van der Waals surface area contributed by atoms with Crippen LogP contribution in [0.2, 0.25) is 0 Å². The molecular formula is C30H35N5O7. The second-order valence-corrected chi connectivity index (χ2v) is 10.9. The van der Waals surface area contributed by atoms with Crippen LogP contribution in [-0.4, -0.2) is 64.3 Å². The molecule has 0 spiro atoms. The fraction of sp³-hybridized carbons (Fsp3) is 0.433. The molecule has 2 fully saturated rings. The Bertz CT molecular complexity index is 1640. The number of rotatable bonds is 8. The van der Waals surface area contributed by atoms with E-state index in [0.717, 1.165) is 12.8 Å². The van der Waals surface area contributed by atoms with E-state index < -0.39 is 24.0 Å².